The third kappa shape index (κ3) is 3.49. The predicted octanol–water partition coefficient (Wildman–Crippen LogP) is 2.90. The van der Waals surface area contributed by atoms with Crippen molar-refractivity contribution >= 4 is 5.91 Å². The lowest BCUT2D eigenvalue weighted by atomic mass is 10.1. The molecule has 1 aromatic heterocycles. The van der Waals surface area contributed by atoms with E-state index in [9.17, 15) is 4.79 Å². The molecule has 1 saturated carbocycles. The Hall–Kier alpha value is -1.29. The van der Waals surface area contributed by atoms with Crippen LogP contribution in [0.1, 0.15) is 54.6 Å². The summed E-state index contributed by atoms with van der Waals surface area (Å²) >= 11 is 0. The molecule has 0 radical (unpaired) electrons. The van der Waals surface area contributed by atoms with Crippen LogP contribution in [0.5, 0.6) is 0 Å². The molecule has 1 N–H and O–H groups in total. The van der Waals surface area contributed by atoms with Gasteiger partial charge in [-0.15, -0.1) is 0 Å². The molecular weight excluding hydrogens is 264 g/mol. The molecule has 0 unspecified atom stereocenters. The second kappa shape index (κ2) is 6.65. The number of nitrogens with one attached hydrogen (secondary N) is 1. The Morgan fingerprint density at radius 1 is 1.29 bits per heavy atom. The zero-order valence-corrected chi connectivity index (χ0v) is 12.9. The third-order valence-corrected chi connectivity index (χ3v) is 4.97. The Morgan fingerprint density at radius 2 is 2.00 bits per heavy atom. The first-order chi connectivity index (χ1) is 10.2. The van der Waals surface area contributed by atoms with Crippen LogP contribution in [0.4, 0.5) is 0 Å². The van der Waals surface area contributed by atoms with E-state index in [1.807, 2.05) is 6.07 Å². The predicted molar refractivity (Wildman–Crippen MR) is 82.4 cm³/mol. The van der Waals surface area contributed by atoms with Crippen molar-refractivity contribution < 1.29 is 9.53 Å². The normalized spacial score (nSPS) is 20.8. The molecule has 0 aromatic carbocycles. The number of amides is 1. The highest BCUT2D eigenvalue weighted by molar-refractivity contribution is 5.95. The summed E-state index contributed by atoms with van der Waals surface area (Å²) in [6, 6.07) is 2.24. The van der Waals surface area contributed by atoms with Crippen molar-refractivity contribution in [2.75, 3.05) is 13.2 Å². The summed E-state index contributed by atoms with van der Waals surface area (Å²) < 4.78 is 7.59. The van der Waals surface area contributed by atoms with Crippen LogP contribution in [0, 0.1) is 12.8 Å². The maximum Gasteiger partial charge on any atom is 0.253 e. The molecule has 2 aliphatic rings. The SMILES string of the molecule is Cc1c(C(=O)NC2CCOCC2)ccn1CC1CCCC1. The zero-order valence-electron chi connectivity index (χ0n) is 12.9. The lowest BCUT2D eigenvalue weighted by Crippen LogP contribution is -2.39. The lowest BCUT2D eigenvalue weighted by Gasteiger charge is -2.23. The maximum atomic E-state index is 12.4. The van der Waals surface area contributed by atoms with Crippen molar-refractivity contribution in [3.05, 3.63) is 23.5 Å². The van der Waals surface area contributed by atoms with E-state index in [0.29, 0.717) is 0 Å². The summed E-state index contributed by atoms with van der Waals surface area (Å²) in [6.45, 7) is 4.64. The summed E-state index contributed by atoms with van der Waals surface area (Å²) in [6.07, 6.45) is 9.32. The van der Waals surface area contributed by atoms with E-state index >= 15 is 0 Å². The number of hydrogen-bond acceptors (Lipinski definition) is 2. The highest BCUT2D eigenvalue weighted by Gasteiger charge is 2.21. The highest BCUT2D eigenvalue weighted by atomic mass is 16.5. The molecule has 1 saturated heterocycles. The van der Waals surface area contributed by atoms with Crippen LogP contribution in [-0.2, 0) is 11.3 Å². The van der Waals surface area contributed by atoms with Gasteiger partial charge in [-0.3, -0.25) is 4.79 Å². The Kier molecular flexibility index (Phi) is 4.63. The van der Waals surface area contributed by atoms with Crippen molar-refractivity contribution in [2.45, 2.75) is 58.0 Å². The smallest absolute Gasteiger partial charge is 0.253 e. The van der Waals surface area contributed by atoms with Crippen LogP contribution in [0.15, 0.2) is 12.3 Å². The molecule has 1 amide bonds. The van der Waals surface area contributed by atoms with Gasteiger partial charge in [0.15, 0.2) is 0 Å². The van der Waals surface area contributed by atoms with Crippen LogP contribution in [0.3, 0.4) is 0 Å². The van der Waals surface area contributed by atoms with E-state index < -0.39 is 0 Å². The van der Waals surface area contributed by atoms with Gasteiger partial charge in [0, 0.05) is 37.7 Å². The van der Waals surface area contributed by atoms with Crippen molar-refractivity contribution in [2.24, 2.45) is 5.92 Å². The van der Waals surface area contributed by atoms with Gasteiger partial charge in [0.25, 0.3) is 5.91 Å². The average Bonchev–Trinajstić information content (AvgIpc) is 3.12. The first-order valence-electron chi connectivity index (χ1n) is 8.28. The highest BCUT2D eigenvalue weighted by Crippen LogP contribution is 2.27. The first-order valence-corrected chi connectivity index (χ1v) is 8.28. The molecular formula is C17H26N2O2. The third-order valence-electron chi connectivity index (χ3n) is 4.97. The zero-order chi connectivity index (χ0) is 14.7. The Labute approximate surface area is 126 Å². The molecule has 0 bridgehead atoms. The fourth-order valence-electron chi connectivity index (χ4n) is 3.57. The Bertz CT molecular complexity index is 483. The summed E-state index contributed by atoms with van der Waals surface area (Å²) in [7, 11) is 0. The monoisotopic (exact) mass is 290 g/mol. The van der Waals surface area contributed by atoms with Gasteiger partial charge in [-0.1, -0.05) is 12.8 Å². The topological polar surface area (TPSA) is 43.3 Å². The molecule has 21 heavy (non-hydrogen) atoms. The average molecular weight is 290 g/mol. The molecule has 116 valence electrons. The number of hydrogen-bond donors (Lipinski definition) is 1. The second-order valence-corrected chi connectivity index (χ2v) is 6.48. The molecule has 2 fully saturated rings. The van der Waals surface area contributed by atoms with Gasteiger partial charge in [0.2, 0.25) is 0 Å². The summed E-state index contributed by atoms with van der Waals surface area (Å²) in [5.74, 6) is 0.868. The molecule has 4 nitrogen and oxygen atoms in total. The number of ether oxygens (including phenoxy) is 1. The first kappa shape index (κ1) is 14.6. The molecule has 0 spiro atoms. The van der Waals surface area contributed by atoms with Gasteiger partial charge in [-0.2, -0.15) is 0 Å². The van der Waals surface area contributed by atoms with Crippen molar-refractivity contribution in [1.29, 1.82) is 0 Å². The quantitative estimate of drug-likeness (QED) is 0.926. The van der Waals surface area contributed by atoms with E-state index in [0.717, 1.165) is 49.8 Å². The largest absolute Gasteiger partial charge is 0.381 e. The van der Waals surface area contributed by atoms with Crippen LogP contribution >= 0.6 is 0 Å². The number of carbonyl (C=O) groups is 1. The van der Waals surface area contributed by atoms with E-state index in [1.54, 1.807) is 0 Å². The van der Waals surface area contributed by atoms with Gasteiger partial charge < -0.3 is 14.6 Å². The fourth-order valence-corrected chi connectivity index (χ4v) is 3.57. The van der Waals surface area contributed by atoms with Gasteiger partial charge in [-0.25, -0.2) is 0 Å². The van der Waals surface area contributed by atoms with Crippen molar-refractivity contribution in [3.8, 4) is 0 Å². The summed E-state index contributed by atoms with van der Waals surface area (Å²) in [5, 5.41) is 3.15. The molecule has 0 atom stereocenters. The number of nitrogens with zero attached hydrogens (tertiary/aromatic N) is 1. The van der Waals surface area contributed by atoms with Crippen molar-refractivity contribution in [1.82, 2.24) is 9.88 Å². The van der Waals surface area contributed by atoms with Crippen LogP contribution in [-0.4, -0.2) is 29.7 Å². The van der Waals surface area contributed by atoms with Gasteiger partial charge in [-0.05, 0) is 44.6 Å². The van der Waals surface area contributed by atoms with E-state index in [1.165, 1.54) is 25.7 Å². The minimum atomic E-state index is 0.0737. The lowest BCUT2D eigenvalue weighted by molar-refractivity contribution is 0.0696. The number of rotatable bonds is 4. The number of aromatic nitrogens is 1. The van der Waals surface area contributed by atoms with Crippen LogP contribution < -0.4 is 5.32 Å². The van der Waals surface area contributed by atoms with Crippen LogP contribution in [0.25, 0.3) is 0 Å². The summed E-state index contributed by atoms with van der Waals surface area (Å²) in [4.78, 5) is 12.4. The molecule has 2 heterocycles. The minimum absolute atomic E-state index is 0.0737. The minimum Gasteiger partial charge on any atom is -0.381 e. The molecule has 3 rings (SSSR count). The van der Waals surface area contributed by atoms with Gasteiger partial charge in [0.05, 0.1) is 5.56 Å². The Balaban J connectivity index is 1.61. The standard InChI is InChI=1S/C17H26N2O2/c1-13-16(17(20)18-15-7-10-21-11-8-15)6-9-19(13)12-14-4-2-3-5-14/h6,9,14-15H,2-5,7-8,10-12H2,1H3,(H,18,20). The fraction of sp³-hybridized carbons (Fsp3) is 0.706. The molecule has 1 aliphatic heterocycles. The van der Waals surface area contributed by atoms with E-state index in [4.69, 9.17) is 4.74 Å². The van der Waals surface area contributed by atoms with Gasteiger partial charge >= 0.3 is 0 Å². The molecule has 1 aliphatic carbocycles. The van der Waals surface area contributed by atoms with E-state index in [2.05, 4.69) is 23.0 Å². The van der Waals surface area contributed by atoms with Crippen LogP contribution in [0.2, 0.25) is 0 Å². The maximum absolute atomic E-state index is 12.4. The van der Waals surface area contributed by atoms with E-state index in [-0.39, 0.29) is 11.9 Å². The molecule has 1 aromatic rings. The number of carbonyl (C=O) groups excluding carboxylic acids is 1. The summed E-state index contributed by atoms with van der Waals surface area (Å²) in [5.41, 5.74) is 1.94. The van der Waals surface area contributed by atoms with Crippen molar-refractivity contribution in [3.63, 3.8) is 0 Å². The molecule has 4 heteroatoms. The second-order valence-electron chi connectivity index (χ2n) is 6.48. The Morgan fingerprint density at radius 3 is 2.71 bits per heavy atom. The van der Waals surface area contributed by atoms with Gasteiger partial charge in [0.1, 0.15) is 0 Å².